The topological polar surface area (TPSA) is 63.4 Å². The molecule has 1 saturated heterocycles. The number of nitrogens with zero attached hydrogens (tertiary/aromatic N) is 2. The fraction of sp³-hybridized carbons (Fsp3) is 0.500. The van der Waals surface area contributed by atoms with Gasteiger partial charge in [-0.1, -0.05) is 58.4 Å². The molecule has 6 heteroatoms. The second-order valence-electron chi connectivity index (χ2n) is 10.3. The van der Waals surface area contributed by atoms with Crippen LogP contribution in [0.25, 0.3) is 5.70 Å². The Morgan fingerprint density at radius 1 is 1.22 bits per heavy atom. The van der Waals surface area contributed by atoms with E-state index in [0.717, 1.165) is 47.9 Å². The fourth-order valence-corrected chi connectivity index (χ4v) is 3.54. The van der Waals surface area contributed by atoms with E-state index in [4.69, 9.17) is 22.1 Å². The van der Waals surface area contributed by atoms with Gasteiger partial charge in [-0.3, -0.25) is 4.98 Å². The number of ether oxygens (including phenoxy) is 1. The monoisotopic (exact) mass is 456 g/mol. The Morgan fingerprint density at radius 2 is 1.94 bits per heavy atom. The Hall–Kier alpha value is -2.24. The lowest BCUT2D eigenvalue weighted by atomic mass is 9.69. The van der Waals surface area contributed by atoms with Crippen molar-refractivity contribution in [2.45, 2.75) is 53.8 Å². The van der Waals surface area contributed by atoms with Crippen LogP contribution in [0.2, 0.25) is 5.02 Å². The minimum Gasteiger partial charge on any atom is -0.397 e. The summed E-state index contributed by atoms with van der Waals surface area (Å²) < 4.78 is 6.12. The number of nitrogens with one attached hydrogen (secondary N) is 1. The first-order valence-corrected chi connectivity index (χ1v) is 11.7. The molecule has 1 fully saturated rings. The molecule has 0 radical (unpaired) electrons. The van der Waals surface area contributed by atoms with Gasteiger partial charge in [-0.2, -0.15) is 0 Å². The van der Waals surface area contributed by atoms with E-state index in [1.807, 2.05) is 42.9 Å². The standard InChI is InChI=1S/C26H37ClN4O/c1-25(2,3)26(4,5)18-30-15-24(28)20-12-22(14-29-13-20)31-11-10-23(16-31)32-17-19-6-8-21(27)9-7-19/h6-9,12-15,23,30H,10-11,16-18,28H2,1-5H3/b24-15-. The number of pyridine rings is 1. The first-order chi connectivity index (χ1) is 15.0. The summed E-state index contributed by atoms with van der Waals surface area (Å²) in [4.78, 5) is 6.74. The Balaban J connectivity index is 1.55. The molecule has 32 heavy (non-hydrogen) atoms. The van der Waals surface area contributed by atoms with Crippen molar-refractivity contribution in [2.24, 2.45) is 16.6 Å². The van der Waals surface area contributed by atoms with Crippen molar-refractivity contribution < 1.29 is 4.74 Å². The van der Waals surface area contributed by atoms with E-state index in [0.29, 0.717) is 12.3 Å². The first-order valence-electron chi connectivity index (χ1n) is 11.3. The van der Waals surface area contributed by atoms with E-state index in [-0.39, 0.29) is 16.9 Å². The molecule has 1 aromatic carbocycles. The molecule has 3 N–H and O–H groups in total. The number of anilines is 1. The van der Waals surface area contributed by atoms with Crippen molar-refractivity contribution in [1.29, 1.82) is 0 Å². The van der Waals surface area contributed by atoms with E-state index in [1.165, 1.54) is 0 Å². The zero-order valence-electron chi connectivity index (χ0n) is 20.0. The summed E-state index contributed by atoms with van der Waals surface area (Å²) in [5.41, 5.74) is 10.5. The smallest absolute Gasteiger partial charge is 0.0771 e. The van der Waals surface area contributed by atoms with E-state index < -0.39 is 0 Å². The van der Waals surface area contributed by atoms with Crippen molar-refractivity contribution in [3.05, 3.63) is 65.1 Å². The summed E-state index contributed by atoms with van der Waals surface area (Å²) >= 11 is 5.96. The van der Waals surface area contributed by atoms with E-state index >= 15 is 0 Å². The van der Waals surface area contributed by atoms with E-state index in [1.54, 1.807) is 0 Å². The average molecular weight is 457 g/mol. The van der Waals surface area contributed by atoms with Gasteiger partial charge >= 0.3 is 0 Å². The number of halogens is 1. The molecule has 2 aromatic rings. The molecule has 3 rings (SSSR count). The molecule has 0 saturated carbocycles. The summed E-state index contributed by atoms with van der Waals surface area (Å²) in [6.45, 7) is 14.6. The van der Waals surface area contributed by atoms with Crippen molar-refractivity contribution in [3.8, 4) is 0 Å². The molecule has 1 aliphatic rings. The average Bonchev–Trinajstić information content (AvgIpc) is 3.21. The summed E-state index contributed by atoms with van der Waals surface area (Å²) in [6, 6.07) is 9.92. The second kappa shape index (κ2) is 10.1. The second-order valence-corrected chi connectivity index (χ2v) is 10.8. The van der Waals surface area contributed by atoms with Gasteiger partial charge in [0.2, 0.25) is 0 Å². The normalized spacial score (nSPS) is 17.6. The Kier molecular flexibility index (Phi) is 7.73. The molecular formula is C26H37ClN4O. The van der Waals surface area contributed by atoms with Gasteiger partial charge < -0.3 is 20.7 Å². The highest BCUT2D eigenvalue weighted by Crippen LogP contribution is 2.37. The fourth-order valence-electron chi connectivity index (χ4n) is 3.42. The third-order valence-electron chi connectivity index (χ3n) is 6.80. The van der Waals surface area contributed by atoms with Gasteiger partial charge in [0, 0.05) is 42.6 Å². The highest BCUT2D eigenvalue weighted by molar-refractivity contribution is 6.30. The molecule has 5 nitrogen and oxygen atoms in total. The van der Waals surface area contributed by atoms with Crippen molar-refractivity contribution in [3.63, 3.8) is 0 Å². The molecule has 174 valence electrons. The largest absolute Gasteiger partial charge is 0.397 e. The number of hydrogen-bond donors (Lipinski definition) is 2. The van der Waals surface area contributed by atoms with Crippen LogP contribution < -0.4 is 16.0 Å². The number of nitrogens with two attached hydrogens (primary N) is 1. The lowest BCUT2D eigenvalue weighted by Gasteiger charge is -2.38. The van der Waals surface area contributed by atoms with Crippen LogP contribution in [-0.2, 0) is 11.3 Å². The molecular weight excluding hydrogens is 420 g/mol. The van der Waals surface area contributed by atoms with Crippen LogP contribution >= 0.6 is 11.6 Å². The first kappa shape index (κ1) is 24.4. The Bertz CT molecular complexity index is 918. The van der Waals surface area contributed by atoms with E-state index in [9.17, 15) is 0 Å². The van der Waals surface area contributed by atoms with Gasteiger partial charge in [-0.25, -0.2) is 0 Å². The molecule has 0 aliphatic carbocycles. The third kappa shape index (κ3) is 6.39. The van der Waals surface area contributed by atoms with Crippen LogP contribution in [0.3, 0.4) is 0 Å². The number of benzene rings is 1. The molecule has 0 spiro atoms. The minimum atomic E-state index is 0.139. The van der Waals surface area contributed by atoms with Gasteiger partial charge in [-0.15, -0.1) is 0 Å². The summed E-state index contributed by atoms with van der Waals surface area (Å²) in [6.07, 6.45) is 6.80. The van der Waals surface area contributed by atoms with Crippen LogP contribution in [0.1, 0.15) is 52.2 Å². The predicted octanol–water partition coefficient (Wildman–Crippen LogP) is 5.45. The van der Waals surface area contributed by atoms with Crippen LogP contribution in [0.5, 0.6) is 0 Å². The molecule has 1 unspecified atom stereocenters. The highest BCUT2D eigenvalue weighted by atomic mass is 35.5. The van der Waals surface area contributed by atoms with Crippen molar-refractivity contribution in [1.82, 2.24) is 10.3 Å². The molecule has 1 aromatic heterocycles. The molecule has 2 heterocycles. The maximum absolute atomic E-state index is 6.36. The predicted molar refractivity (Wildman–Crippen MR) is 134 cm³/mol. The molecule has 0 bridgehead atoms. The zero-order chi connectivity index (χ0) is 23.4. The number of rotatable bonds is 8. The van der Waals surface area contributed by atoms with Gasteiger partial charge in [0.05, 0.1) is 30.3 Å². The number of hydrogen-bond acceptors (Lipinski definition) is 5. The lowest BCUT2D eigenvalue weighted by molar-refractivity contribution is 0.0553. The quantitative estimate of drug-likeness (QED) is 0.553. The summed E-state index contributed by atoms with van der Waals surface area (Å²) in [5.74, 6) is 0. The van der Waals surface area contributed by atoms with Crippen LogP contribution in [0.4, 0.5) is 5.69 Å². The lowest BCUT2D eigenvalue weighted by Crippen LogP contribution is -2.38. The SMILES string of the molecule is CC(C)(C)C(C)(C)CN/C=C(\N)c1cncc(N2CCC(OCc3ccc(Cl)cc3)C2)c1. The molecule has 1 aliphatic heterocycles. The Labute approximate surface area is 198 Å². The Morgan fingerprint density at radius 3 is 2.62 bits per heavy atom. The van der Waals surface area contributed by atoms with Crippen molar-refractivity contribution in [2.75, 3.05) is 24.5 Å². The minimum absolute atomic E-state index is 0.139. The van der Waals surface area contributed by atoms with E-state index in [2.05, 4.69) is 55.9 Å². The summed E-state index contributed by atoms with van der Waals surface area (Å²) in [7, 11) is 0. The molecule has 1 atom stereocenters. The van der Waals surface area contributed by atoms with Gasteiger partial charge in [0.15, 0.2) is 0 Å². The van der Waals surface area contributed by atoms with Crippen molar-refractivity contribution >= 4 is 23.0 Å². The van der Waals surface area contributed by atoms with Gasteiger partial charge in [-0.05, 0) is 41.0 Å². The third-order valence-corrected chi connectivity index (χ3v) is 7.05. The maximum atomic E-state index is 6.36. The van der Waals surface area contributed by atoms with Gasteiger partial charge in [0.1, 0.15) is 0 Å². The number of aromatic nitrogens is 1. The van der Waals surface area contributed by atoms with Crippen LogP contribution in [0.15, 0.2) is 48.9 Å². The maximum Gasteiger partial charge on any atom is 0.0771 e. The van der Waals surface area contributed by atoms with Gasteiger partial charge in [0.25, 0.3) is 0 Å². The van der Waals surface area contributed by atoms with Crippen LogP contribution in [-0.4, -0.2) is 30.7 Å². The zero-order valence-corrected chi connectivity index (χ0v) is 20.7. The summed E-state index contributed by atoms with van der Waals surface area (Å²) in [5, 5.41) is 4.15. The highest BCUT2D eigenvalue weighted by Gasteiger charge is 2.32. The van der Waals surface area contributed by atoms with Crippen LogP contribution in [0, 0.1) is 10.8 Å². The molecule has 0 amide bonds.